The van der Waals surface area contributed by atoms with Gasteiger partial charge >= 0.3 is 5.97 Å². The topological polar surface area (TPSA) is 61.2 Å². The summed E-state index contributed by atoms with van der Waals surface area (Å²) < 4.78 is 6.72. The molecule has 0 unspecified atom stereocenters. The number of hydrogen-bond acceptors (Lipinski definition) is 4. The van der Waals surface area contributed by atoms with Crippen molar-refractivity contribution in [3.05, 3.63) is 64.4 Å². The lowest BCUT2D eigenvalue weighted by molar-refractivity contribution is -0.143. The molecular formula is C19H16N2O3. The third-order valence-corrected chi connectivity index (χ3v) is 4.35. The van der Waals surface area contributed by atoms with Crippen LogP contribution in [0.4, 0.5) is 0 Å². The molecule has 1 aliphatic heterocycles. The number of carbonyl (C=O) groups excluding carboxylic acids is 1. The Labute approximate surface area is 138 Å². The van der Waals surface area contributed by atoms with Gasteiger partial charge in [0.1, 0.15) is 5.82 Å². The molecular weight excluding hydrogens is 304 g/mol. The molecule has 0 fully saturated rings. The molecule has 5 nitrogen and oxygen atoms in total. The van der Waals surface area contributed by atoms with Gasteiger partial charge in [0.25, 0.3) is 5.56 Å². The molecule has 1 aliphatic rings. The average molecular weight is 320 g/mol. The molecule has 2 heterocycles. The van der Waals surface area contributed by atoms with E-state index in [1.165, 1.54) is 0 Å². The zero-order valence-corrected chi connectivity index (χ0v) is 13.2. The quantitative estimate of drug-likeness (QED) is 0.696. The van der Waals surface area contributed by atoms with E-state index < -0.39 is 0 Å². The summed E-state index contributed by atoms with van der Waals surface area (Å²) in [6.45, 7) is 2.10. The number of esters is 1. The zero-order valence-electron chi connectivity index (χ0n) is 13.2. The summed E-state index contributed by atoms with van der Waals surface area (Å²) >= 11 is 0. The molecule has 4 rings (SSSR count). The van der Waals surface area contributed by atoms with E-state index in [-0.39, 0.29) is 24.0 Å². The molecule has 0 spiro atoms. The number of carbonyl (C=O) groups is 1. The molecule has 0 aliphatic carbocycles. The van der Waals surface area contributed by atoms with Crippen molar-refractivity contribution in [1.29, 1.82) is 0 Å². The highest BCUT2D eigenvalue weighted by molar-refractivity contribution is 5.82. The van der Waals surface area contributed by atoms with E-state index in [0.717, 1.165) is 11.1 Å². The molecule has 120 valence electrons. The lowest BCUT2D eigenvalue weighted by Crippen LogP contribution is -2.26. The Morgan fingerprint density at radius 3 is 2.75 bits per heavy atom. The number of para-hydroxylation sites is 1. The number of fused-ring (bicyclic) bond motifs is 4. The van der Waals surface area contributed by atoms with E-state index in [0.29, 0.717) is 23.3 Å². The lowest BCUT2D eigenvalue weighted by atomic mass is 10.0. The van der Waals surface area contributed by atoms with Crippen LogP contribution in [0.5, 0.6) is 0 Å². The first-order valence-corrected chi connectivity index (χ1v) is 7.97. The van der Waals surface area contributed by atoms with Gasteiger partial charge in [0.15, 0.2) is 0 Å². The highest BCUT2D eigenvalue weighted by Gasteiger charge is 2.32. The highest BCUT2D eigenvalue weighted by Crippen LogP contribution is 2.39. The first-order chi connectivity index (χ1) is 11.7. The molecule has 0 bridgehead atoms. The van der Waals surface area contributed by atoms with Gasteiger partial charge in [0, 0.05) is 5.56 Å². The third-order valence-electron chi connectivity index (χ3n) is 4.35. The van der Waals surface area contributed by atoms with Crippen LogP contribution in [0, 0.1) is 0 Å². The summed E-state index contributed by atoms with van der Waals surface area (Å²) in [4.78, 5) is 29.7. The number of nitrogens with zero attached hydrogens (tertiary/aromatic N) is 2. The fraction of sp³-hybridized carbons (Fsp3) is 0.211. The molecule has 0 saturated carbocycles. The van der Waals surface area contributed by atoms with Crippen LogP contribution < -0.4 is 5.56 Å². The Balaban J connectivity index is 1.96. The minimum atomic E-state index is -0.375. The number of benzene rings is 2. The predicted octanol–water partition coefficient (Wildman–Crippen LogP) is 2.92. The number of hydrogen-bond donors (Lipinski definition) is 0. The van der Waals surface area contributed by atoms with Gasteiger partial charge in [-0.15, -0.1) is 0 Å². The minimum absolute atomic E-state index is 0.123. The SMILES string of the molecule is CCOC(=O)C[C@@H]1c2ccccc2-c2nc3ccccc3c(=O)n21. The van der Waals surface area contributed by atoms with Gasteiger partial charge in [-0.05, 0) is 24.6 Å². The zero-order chi connectivity index (χ0) is 16.7. The Morgan fingerprint density at radius 1 is 1.17 bits per heavy atom. The largest absolute Gasteiger partial charge is 0.466 e. The molecule has 0 N–H and O–H groups in total. The normalized spacial score (nSPS) is 15.1. The van der Waals surface area contributed by atoms with Crippen molar-refractivity contribution in [2.24, 2.45) is 0 Å². The maximum atomic E-state index is 13.0. The molecule has 0 saturated heterocycles. The van der Waals surface area contributed by atoms with Crippen LogP contribution in [0.2, 0.25) is 0 Å². The summed E-state index contributed by atoms with van der Waals surface area (Å²) in [6, 6.07) is 14.6. The summed E-state index contributed by atoms with van der Waals surface area (Å²) in [5.74, 6) is 0.300. The molecule has 5 heteroatoms. The molecule has 3 aromatic rings. The molecule has 24 heavy (non-hydrogen) atoms. The maximum Gasteiger partial charge on any atom is 0.308 e. The van der Waals surface area contributed by atoms with Crippen molar-refractivity contribution in [1.82, 2.24) is 9.55 Å². The minimum Gasteiger partial charge on any atom is -0.466 e. The predicted molar refractivity (Wildman–Crippen MR) is 90.8 cm³/mol. The van der Waals surface area contributed by atoms with Gasteiger partial charge in [-0.2, -0.15) is 0 Å². The maximum absolute atomic E-state index is 13.0. The average Bonchev–Trinajstić information content (AvgIpc) is 2.90. The van der Waals surface area contributed by atoms with E-state index in [9.17, 15) is 9.59 Å². The Morgan fingerprint density at radius 2 is 1.92 bits per heavy atom. The van der Waals surface area contributed by atoms with Crippen LogP contribution in [0.15, 0.2) is 53.3 Å². The highest BCUT2D eigenvalue weighted by atomic mass is 16.5. The Bertz CT molecular complexity index is 1010. The van der Waals surface area contributed by atoms with Crippen LogP contribution in [0.25, 0.3) is 22.3 Å². The van der Waals surface area contributed by atoms with Crippen LogP contribution in [-0.2, 0) is 9.53 Å². The number of rotatable bonds is 3. The van der Waals surface area contributed by atoms with Crippen LogP contribution in [0.3, 0.4) is 0 Å². The second kappa shape index (κ2) is 5.60. The molecule has 0 radical (unpaired) electrons. The second-order valence-electron chi connectivity index (χ2n) is 5.74. The van der Waals surface area contributed by atoms with E-state index in [4.69, 9.17) is 4.74 Å². The smallest absolute Gasteiger partial charge is 0.308 e. The molecule has 0 amide bonds. The van der Waals surface area contributed by atoms with Gasteiger partial charge in [0.05, 0.1) is 30.0 Å². The van der Waals surface area contributed by atoms with Gasteiger partial charge in [-0.1, -0.05) is 36.4 Å². The fourth-order valence-electron chi connectivity index (χ4n) is 3.33. The summed E-state index contributed by atoms with van der Waals surface area (Å²) in [5.41, 5.74) is 2.38. The van der Waals surface area contributed by atoms with Crippen molar-refractivity contribution in [3.63, 3.8) is 0 Å². The lowest BCUT2D eigenvalue weighted by Gasteiger charge is -2.15. The van der Waals surface area contributed by atoms with E-state index in [1.807, 2.05) is 42.5 Å². The Hall–Kier alpha value is -2.95. The van der Waals surface area contributed by atoms with E-state index in [1.54, 1.807) is 17.6 Å². The Kier molecular flexibility index (Phi) is 3.41. The molecule has 2 aromatic carbocycles. The number of ether oxygens (including phenoxy) is 1. The monoisotopic (exact) mass is 320 g/mol. The standard InChI is InChI=1S/C19H16N2O3/c1-2-24-17(22)11-16-12-7-3-4-8-13(12)18-20-15-10-6-5-9-14(15)19(23)21(16)18/h3-10,16H,2,11H2,1H3/t16-/m1/s1. The van der Waals surface area contributed by atoms with Gasteiger partial charge < -0.3 is 4.74 Å². The van der Waals surface area contributed by atoms with Gasteiger partial charge in [0.2, 0.25) is 0 Å². The van der Waals surface area contributed by atoms with E-state index in [2.05, 4.69) is 4.98 Å². The third kappa shape index (κ3) is 2.12. The van der Waals surface area contributed by atoms with Crippen LogP contribution >= 0.6 is 0 Å². The fourth-order valence-corrected chi connectivity index (χ4v) is 3.33. The summed E-state index contributed by atoms with van der Waals surface area (Å²) in [6.07, 6.45) is 0.123. The van der Waals surface area contributed by atoms with Crippen LogP contribution in [-0.4, -0.2) is 22.1 Å². The molecule has 1 atom stereocenters. The second-order valence-corrected chi connectivity index (χ2v) is 5.74. The first-order valence-electron chi connectivity index (χ1n) is 7.97. The van der Waals surface area contributed by atoms with Crippen molar-refractivity contribution >= 4 is 16.9 Å². The van der Waals surface area contributed by atoms with Gasteiger partial charge in [-0.3, -0.25) is 14.2 Å². The summed E-state index contributed by atoms with van der Waals surface area (Å²) in [5, 5.41) is 0.558. The first kappa shape index (κ1) is 14.6. The number of aromatic nitrogens is 2. The van der Waals surface area contributed by atoms with E-state index >= 15 is 0 Å². The van der Waals surface area contributed by atoms with Crippen molar-refractivity contribution in [2.75, 3.05) is 6.61 Å². The van der Waals surface area contributed by atoms with Crippen LogP contribution in [0.1, 0.15) is 24.9 Å². The van der Waals surface area contributed by atoms with Crippen molar-refractivity contribution in [3.8, 4) is 11.4 Å². The molecule has 1 aromatic heterocycles. The summed E-state index contributed by atoms with van der Waals surface area (Å²) in [7, 11) is 0. The van der Waals surface area contributed by atoms with Crippen molar-refractivity contribution < 1.29 is 9.53 Å². The van der Waals surface area contributed by atoms with Gasteiger partial charge in [-0.25, -0.2) is 4.98 Å². The van der Waals surface area contributed by atoms with Crippen molar-refractivity contribution in [2.45, 2.75) is 19.4 Å².